The first-order valence-electron chi connectivity index (χ1n) is 5.16. The number of rotatable bonds is 2. The van der Waals surface area contributed by atoms with Crippen LogP contribution in [0.15, 0.2) is 18.2 Å². The monoisotopic (exact) mass is 278 g/mol. The third-order valence-electron chi connectivity index (χ3n) is 2.88. The summed E-state index contributed by atoms with van der Waals surface area (Å²) in [5, 5.41) is 10.1. The molecule has 94 valence electrons. The fraction of sp³-hybridized carbons (Fsp3) is 0.455. The van der Waals surface area contributed by atoms with Crippen LogP contribution in [0.1, 0.15) is 12.0 Å². The zero-order chi connectivity index (χ0) is 12.7. The van der Waals surface area contributed by atoms with Gasteiger partial charge in [-0.15, -0.1) is 0 Å². The molecule has 1 aliphatic heterocycles. The van der Waals surface area contributed by atoms with E-state index < -0.39 is 21.3 Å². The molecular formula is C11H12ClFO3S. The minimum atomic E-state index is -3.16. The third-order valence-corrected chi connectivity index (χ3v) is 4.99. The van der Waals surface area contributed by atoms with Crippen molar-refractivity contribution in [2.24, 2.45) is 0 Å². The van der Waals surface area contributed by atoms with Crippen molar-refractivity contribution in [1.82, 2.24) is 0 Å². The Balaban J connectivity index is 2.19. The highest BCUT2D eigenvalue weighted by molar-refractivity contribution is 7.91. The van der Waals surface area contributed by atoms with Crippen LogP contribution in [0.25, 0.3) is 0 Å². The van der Waals surface area contributed by atoms with Crippen LogP contribution in [0, 0.1) is 5.82 Å². The summed E-state index contributed by atoms with van der Waals surface area (Å²) in [4.78, 5) is 0. The number of sulfone groups is 1. The van der Waals surface area contributed by atoms with E-state index in [9.17, 15) is 17.9 Å². The summed E-state index contributed by atoms with van der Waals surface area (Å²) in [7, 11) is -3.16. The Morgan fingerprint density at radius 3 is 2.71 bits per heavy atom. The van der Waals surface area contributed by atoms with Crippen LogP contribution in [-0.4, -0.2) is 30.6 Å². The maximum absolute atomic E-state index is 13.2. The van der Waals surface area contributed by atoms with Gasteiger partial charge in [-0.2, -0.15) is 0 Å². The van der Waals surface area contributed by atoms with Crippen molar-refractivity contribution in [1.29, 1.82) is 0 Å². The largest absolute Gasteiger partial charge is 0.388 e. The number of hydrogen-bond acceptors (Lipinski definition) is 3. The van der Waals surface area contributed by atoms with Gasteiger partial charge in [0, 0.05) is 6.42 Å². The van der Waals surface area contributed by atoms with Crippen molar-refractivity contribution in [2.45, 2.75) is 18.4 Å². The molecule has 0 aliphatic carbocycles. The third kappa shape index (κ3) is 2.97. The van der Waals surface area contributed by atoms with Gasteiger partial charge in [0.1, 0.15) is 5.82 Å². The van der Waals surface area contributed by atoms with Gasteiger partial charge >= 0.3 is 0 Å². The topological polar surface area (TPSA) is 54.4 Å². The quantitative estimate of drug-likeness (QED) is 0.893. The first kappa shape index (κ1) is 12.8. The molecule has 1 atom stereocenters. The first-order chi connectivity index (χ1) is 7.80. The van der Waals surface area contributed by atoms with Gasteiger partial charge in [-0.3, -0.25) is 0 Å². The molecule has 1 aromatic carbocycles. The second-order valence-corrected chi connectivity index (χ2v) is 7.08. The van der Waals surface area contributed by atoms with Crippen molar-refractivity contribution in [3.05, 3.63) is 34.6 Å². The molecule has 0 radical (unpaired) electrons. The first-order valence-corrected chi connectivity index (χ1v) is 7.36. The minimum absolute atomic E-state index is 0.0137. The van der Waals surface area contributed by atoms with E-state index in [4.69, 9.17) is 11.6 Å². The minimum Gasteiger partial charge on any atom is -0.388 e. The zero-order valence-electron chi connectivity index (χ0n) is 8.99. The Morgan fingerprint density at radius 1 is 1.47 bits per heavy atom. The van der Waals surface area contributed by atoms with Gasteiger partial charge in [-0.25, -0.2) is 12.8 Å². The Hall–Kier alpha value is -0.650. The highest BCUT2D eigenvalue weighted by Gasteiger charge is 2.40. The SMILES string of the molecule is O=S1(=O)CCC(O)(Cc2ccc(Cl)c(F)c2)C1. The number of aliphatic hydroxyl groups is 1. The second-order valence-electron chi connectivity index (χ2n) is 4.49. The Labute approximate surface area is 104 Å². The molecule has 1 heterocycles. The van der Waals surface area contributed by atoms with Crippen LogP contribution in [0.4, 0.5) is 4.39 Å². The van der Waals surface area contributed by atoms with Crippen molar-refractivity contribution in [3.63, 3.8) is 0 Å². The molecule has 1 saturated heterocycles. The summed E-state index contributed by atoms with van der Waals surface area (Å²) in [6.07, 6.45) is 0.319. The normalized spacial score (nSPS) is 27.2. The van der Waals surface area contributed by atoms with Crippen LogP contribution < -0.4 is 0 Å². The fourth-order valence-corrected chi connectivity index (χ4v) is 4.09. The van der Waals surface area contributed by atoms with Gasteiger partial charge in [0.15, 0.2) is 9.84 Å². The number of hydrogen-bond donors (Lipinski definition) is 1. The van der Waals surface area contributed by atoms with E-state index in [1.807, 2.05) is 0 Å². The summed E-state index contributed by atoms with van der Waals surface area (Å²) in [6, 6.07) is 4.22. The van der Waals surface area contributed by atoms with E-state index >= 15 is 0 Å². The van der Waals surface area contributed by atoms with E-state index in [0.29, 0.717) is 5.56 Å². The van der Waals surface area contributed by atoms with E-state index in [0.717, 1.165) is 0 Å². The van der Waals surface area contributed by atoms with Gasteiger partial charge < -0.3 is 5.11 Å². The van der Waals surface area contributed by atoms with Crippen LogP contribution in [0.2, 0.25) is 5.02 Å². The van der Waals surface area contributed by atoms with Gasteiger partial charge in [0.2, 0.25) is 0 Å². The highest BCUT2D eigenvalue weighted by Crippen LogP contribution is 2.28. The van der Waals surface area contributed by atoms with Crippen LogP contribution in [-0.2, 0) is 16.3 Å². The smallest absolute Gasteiger partial charge is 0.153 e. The molecule has 1 fully saturated rings. The maximum atomic E-state index is 13.2. The van der Waals surface area contributed by atoms with E-state index in [1.165, 1.54) is 12.1 Å². The van der Waals surface area contributed by atoms with Crippen molar-refractivity contribution >= 4 is 21.4 Å². The predicted molar refractivity (Wildman–Crippen MR) is 63.3 cm³/mol. The molecule has 1 N–H and O–H groups in total. The van der Waals surface area contributed by atoms with Gasteiger partial charge in [0.05, 0.1) is 22.1 Å². The summed E-state index contributed by atoms with van der Waals surface area (Å²) in [5.41, 5.74) is -0.731. The van der Waals surface area contributed by atoms with E-state index in [2.05, 4.69) is 0 Å². The van der Waals surface area contributed by atoms with Crippen molar-refractivity contribution in [2.75, 3.05) is 11.5 Å². The van der Waals surface area contributed by atoms with E-state index in [-0.39, 0.29) is 29.4 Å². The molecule has 3 nitrogen and oxygen atoms in total. The van der Waals surface area contributed by atoms with Gasteiger partial charge in [-0.05, 0) is 24.1 Å². The van der Waals surface area contributed by atoms with Gasteiger partial charge in [-0.1, -0.05) is 17.7 Å². The lowest BCUT2D eigenvalue weighted by atomic mass is 9.94. The van der Waals surface area contributed by atoms with E-state index in [1.54, 1.807) is 6.07 Å². The summed E-state index contributed by atoms with van der Waals surface area (Å²) in [6.45, 7) is 0. The molecule has 17 heavy (non-hydrogen) atoms. The molecule has 1 unspecified atom stereocenters. The van der Waals surface area contributed by atoms with Crippen LogP contribution >= 0.6 is 11.6 Å². The number of benzene rings is 1. The molecule has 1 aliphatic rings. The number of halogens is 2. The van der Waals surface area contributed by atoms with Gasteiger partial charge in [0.25, 0.3) is 0 Å². The average Bonchev–Trinajstić information content (AvgIpc) is 2.47. The van der Waals surface area contributed by atoms with Crippen LogP contribution in [0.3, 0.4) is 0 Å². The fourth-order valence-electron chi connectivity index (χ4n) is 2.07. The lowest BCUT2D eigenvalue weighted by Crippen LogP contribution is -2.32. The molecular weight excluding hydrogens is 267 g/mol. The Bertz CT molecular complexity index is 544. The lowest BCUT2D eigenvalue weighted by Gasteiger charge is -2.20. The average molecular weight is 279 g/mol. The molecule has 6 heteroatoms. The molecule has 0 spiro atoms. The molecule has 1 aromatic rings. The lowest BCUT2D eigenvalue weighted by molar-refractivity contribution is 0.0681. The maximum Gasteiger partial charge on any atom is 0.153 e. The Morgan fingerprint density at radius 2 is 2.18 bits per heavy atom. The summed E-state index contributed by atoms with van der Waals surface area (Å²) in [5.74, 6) is -0.835. The predicted octanol–water partition coefficient (Wildman–Crippen LogP) is 1.57. The Kier molecular flexibility index (Phi) is 3.18. The summed E-state index contributed by atoms with van der Waals surface area (Å²) < 4.78 is 35.8. The summed E-state index contributed by atoms with van der Waals surface area (Å²) >= 11 is 5.54. The van der Waals surface area contributed by atoms with Crippen molar-refractivity contribution in [3.8, 4) is 0 Å². The molecule has 0 bridgehead atoms. The standard InChI is InChI=1S/C11H12ClFO3S/c12-9-2-1-8(5-10(9)13)6-11(14)3-4-17(15,16)7-11/h1-2,5,14H,3-4,6-7H2. The second kappa shape index (κ2) is 4.23. The molecule has 0 aromatic heterocycles. The molecule has 0 amide bonds. The highest BCUT2D eigenvalue weighted by atomic mass is 35.5. The molecule has 2 rings (SSSR count). The van der Waals surface area contributed by atoms with Crippen molar-refractivity contribution < 1.29 is 17.9 Å². The van der Waals surface area contributed by atoms with Crippen LogP contribution in [0.5, 0.6) is 0 Å². The molecule has 0 saturated carbocycles. The zero-order valence-corrected chi connectivity index (χ0v) is 10.6.